The van der Waals surface area contributed by atoms with Crippen molar-refractivity contribution in [1.29, 1.82) is 0 Å². The highest BCUT2D eigenvalue weighted by Crippen LogP contribution is 2.39. The van der Waals surface area contributed by atoms with E-state index < -0.39 is 0 Å². The zero-order chi connectivity index (χ0) is 17.4. The fraction of sp³-hybridized carbons (Fsp3) is 0.647. The van der Waals surface area contributed by atoms with Crippen LogP contribution in [0.4, 0.5) is 10.9 Å². The molecule has 2 fully saturated rings. The van der Waals surface area contributed by atoms with Crippen LogP contribution in [0.25, 0.3) is 0 Å². The Balaban J connectivity index is 1.41. The second-order valence-electron chi connectivity index (χ2n) is 7.29. The van der Waals surface area contributed by atoms with Crippen molar-refractivity contribution in [1.82, 2.24) is 19.1 Å². The summed E-state index contributed by atoms with van der Waals surface area (Å²) in [5.41, 5.74) is -0.0300. The molecule has 1 aliphatic carbocycles. The van der Waals surface area contributed by atoms with Crippen molar-refractivity contribution in [2.45, 2.75) is 39.2 Å². The SMILES string of the molecule is CC(C)Cn1nc(N2CCN(c3nc(C4CC4)ns3)CC2)ccc1=O. The van der Waals surface area contributed by atoms with Gasteiger partial charge in [0.25, 0.3) is 5.56 Å². The Labute approximate surface area is 151 Å². The van der Waals surface area contributed by atoms with Gasteiger partial charge in [-0.05, 0) is 24.8 Å². The van der Waals surface area contributed by atoms with E-state index in [0.717, 1.165) is 43.0 Å². The smallest absolute Gasteiger partial charge is 0.266 e. The molecule has 4 rings (SSSR count). The lowest BCUT2D eigenvalue weighted by molar-refractivity contribution is 0.461. The van der Waals surface area contributed by atoms with Gasteiger partial charge in [0.05, 0.1) is 0 Å². The average molecular weight is 360 g/mol. The second-order valence-corrected chi connectivity index (χ2v) is 8.02. The maximum atomic E-state index is 11.9. The van der Waals surface area contributed by atoms with Gasteiger partial charge in [0.2, 0.25) is 5.13 Å². The first-order valence-electron chi connectivity index (χ1n) is 9.02. The molecular weight excluding hydrogens is 336 g/mol. The van der Waals surface area contributed by atoms with Gasteiger partial charge in [-0.25, -0.2) is 9.67 Å². The lowest BCUT2D eigenvalue weighted by Gasteiger charge is -2.35. The molecule has 0 N–H and O–H groups in total. The van der Waals surface area contributed by atoms with E-state index in [1.54, 1.807) is 10.7 Å². The lowest BCUT2D eigenvalue weighted by Crippen LogP contribution is -2.47. The Bertz CT molecular complexity index is 788. The molecule has 1 saturated heterocycles. The highest BCUT2D eigenvalue weighted by atomic mass is 32.1. The van der Waals surface area contributed by atoms with Crippen LogP contribution in [0.5, 0.6) is 0 Å². The number of hydrogen-bond donors (Lipinski definition) is 0. The quantitative estimate of drug-likeness (QED) is 0.812. The van der Waals surface area contributed by atoms with Gasteiger partial charge in [0.1, 0.15) is 11.6 Å². The van der Waals surface area contributed by atoms with Gasteiger partial charge in [0, 0.05) is 56.2 Å². The van der Waals surface area contributed by atoms with Crippen LogP contribution in [0.3, 0.4) is 0 Å². The minimum Gasteiger partial charge on any atom is -0.352 e. The molecule has 2 aromatic rings. The zero-order valence-electron chi connectivity index (χ0n) is 14.8. The van der Waals surface area contributed by atoms with Gasteiger partial charge in [-0.3, -0.25) is 4.79 Å². The summed E-state index contributed by atoms with van der Waals surface area (Å²) < 4.78 is 6.09. The molecule has 0 bridgehead atoms. The third-order valence-corrected chi connectivity index (χ3v) is 5.43. The van der Waals surface area contributed by atoms with E-state index in [1.165, 1.54) is 24.4 Å². The highest BCUT2D eigenvalue weighted by Gasteiger charge is 2.29. The highest BCUT2D eigenvalue weighted by molar-refractivity contribution is 7.09. The Kier molecular flexibility index (Phi) is 4.45. The first-order valence-corrected chi connectivity index (χ1v) is 9.79. The molecule has 0 aromatic carbocycles. The number of nitrogens with zero attached hydrogens (tertiary/aromatic N) is 6. The molecular formula is C17H24N6OS. The number of hydrogen-bond acceptors (Lipinski definition) is 7. The van der Waals surface area contributed by atoms with Gasteiger partial charge in [-0.15, -0.1) is 0 Å². The third kappa shape index (κ3) is 3.68. The van der Waals surface area contributed by atoms with Crippen molar-refractivity contribution in [2.75, 3.05) is 36.0 Å². The normalized spacial score (nSPS) is 18.2. The molecule has 1 saturated carbocycles. The average Bonchev–Trinajstić information content (AvgIpc) is 3.34. The minimum absolute atomic E-state index is 0.0300. The van der Waals surface area contributed by atoms with Crippen molar-refractivity contribution in [2.24, 2.45) is 5.92 Å². The van der Waals surface area contributed by atoms with Crippen LogP contribution >= 0.6 is 11.5 Å². The van der Waals surface area contributed by atoms with Crippen LogP contribution in [0.1, 0.15) is 38.4 Å². The maximum absolute atomic E-state index is 11.9. The molecule has 0 amide bonds. The molecule has 0 spiro atoms. The molecule has 0 atom stereocenters. The standard InChI is InChI=1S/C17H24N6OS/c1-12(2)11-23-15(24)6-5-14(19-23)21-7-9-22(10-8-21)17-18-16(20-25-17)13-3-4-13/h5-6,12-13H,3-4,7-11H2,1-2H3. The summed E-state index contributed by atoms with van der Waals surface area (Å²) in [5, 5.41) is 5.60. The van der Waals surface area contributed by atoms with Crippen LogP contribution in [0.15, 0.2) is 16.9 Å². The molecule has 0 radical (unpaired) electrons. The van der Waals surface area contributed by atoms with E-state index in [4.69, 9.17) is 4.98 Å². The fourth-order valence-corrected chi connectivity index (χ4v) is 3.87. The van der Waals surface area contributed by atoms with Crippen LogP contribution in [0, 0.1) is 5.92 Å². The summed E-state index contributed by atoms with van der Waals surface area (Å²) in [6.07, 6.45) is 2.48. The van der Waals surface area contributed by atoms with Gasteiger partial charge >= 0.3 is 0 Å². The van der Waals surface area contributed by atoms with Crippen molar-refractivity contribution in [3.8, 4) is 0 Å². The zero-order valence-corrected chi connectivity index (χ0v) is 15.6. The molecule has 25 heavy (non-hydrogen) atoms. The van der Waals surface area contributed by atoms with Crippen LogP contribution in [-0.4, -0.2) is 45.3 Å². The minimum atomic E-state index is -0.0300. The number of piperazine rings is 1. The van der Waals surface area contributed by atoms with Crippen LogP contribution in [-0.2, 0) is 6.54 Å². The maximum Gasteiger partial charge on any atom is 0.266 e. The fourth-order valence-electron chi connectivity index (χ4n) is 3.07. The monoisotopic (exact) mass is 360 g/mol. The van der Waals surface area contributed by atoms with Crippen LogP contribution < -0.4 is 15.4 Å². The first kappa shape index (κ1) is 16.5. The molecule has 3 heterocycles. The molecule has 134 valence electrons. The van der Waals surface area contributed by atoms with Gasteiger partial charge in [-0.1, -0.05) is 13.8 Å². The second kappa shape index (κ2) is 6.74. The summed E-state index contributed by atoms with van der Waals surface area (Å²) in [6, 6.07) is 3.47. The van der Waals surface area contributed by atoms with E-state index in [2.05, 4.69) is 33.1 Å². The predicted octanol–water partition coefficient (Wildman–Crippen LogP) is 1.95. The molecule has 2 aliphatic rings. The van der Waals surface area contributed by atoms with E-state index in [-0.39, 0.29) is 5.56 Å². The summed E-state index contributed by atoms with van der Waals surface area (Å²) >= 11 is 1.52. The van der Waals surface area contributed by atoms with E-state index >= 15 is 0 Å². The molecule has 8 heteroatoms. The van der Waals surface area contributed by atoms with Gasteiger partial charge < -0.3 is 9.80 Å². The molecule has 1 aliphatic heterocycles. The Morgan fingerprint density at radius 2 is 1.88 bits per heavy atom. The Morgan fingerprint density at radius 1 is 1.16 bits per heavy atom. The molecule has 0 unspecified atom stereocenters. The first-order chi connectivity index (χ1) is 12.1. The predicted molar refractivity (Wildman–Crippen MR) is 99.6 cm³/mol. The number of anilines is 2. The van der Waals surface area contributed by atoms with E-state index in [1.807, 2.05) is 6.07 Å². The van der Waals surface area contributed by atoms with Gasteiger partial charge in [0.15, 0.2) is 0 Å². The largest absolute Gasteiger partial charge is 0.352 e. The summed E-state index contributed by atoms with van der Waals surface area (Å²) in [4.78, 5) is 21.2. The van der Waals surface area contributed by atoms with Crippen molar-refractivity contribution >= 4 is 22.5 Å². The molecule has 2 aromatic heterocycles. The van der Waals surface area contributed by atoms with Crippen molar-refractivity contribution in [3.05, 3.63) is 28.3 Å². The molecule has 7 nitrogen and oxygen atoms in total. The lowest BCUT2D eigenvalue weighted by atomic mass is 10.2. The topological polar surface area (TPSA) is 67.2 Å². The summed E-state index contributed by atoms with van der Waals surface area (Å²) in [5.74, 6) is 2.92. The number of aromatic nitrogens is 4. The third-order valence-electron chi connectivity index (χ3n) is 4.64. The summed E-state index contributed by atoms with van der Waals surface area (Å²) in [6.45, 7) is 8.42. The Morgan fingerprint density at radius 3 is 2.56 bits per heavy atom. The van der Waals surface area contributed by atoms with Crippen LogP contribution in [0.2, 0.25) is 0 Å². The van der Waals surface area contributed by atoms with Gasteiger partial charge in [-0.2, -0.15) is 9.47 Å². The van der Waals surface area contributed by atoms with E-state index in [0.29, 0.717) is 18.4 Å². The Hall–Kier alpha value is -1.96. The summed E-state index contributed by atoms with van der Waals surface area (Å²) in [7, 11) is 0. The van der Waals surface area contributed by atoms with Crippen molar-refractivity contribution in [3.63, 3.8) is 0 Å². The number of rotatable bonds is 5. The van der Waals surface area contributed by atoms with Crippen molar-refractivity contribution < 1.29 is 0 Å². The van der Waals surface area contributed by atoms with E-state index in [9.17, 15) is 4.79 Å².